The maximum atomic E-state index is 12.5. The predicted octanol–water partition coefficient (Wildman–Crippen LogP) is 2.81. The van der Waals surface area contributed by atoms with E-state index in [0.717, 1.165) is 21.6 Å². The van der Waals surface area contributed by atoms with Crippen LogP contribution in [0.15, 0.2) is 53.4 Å². The zero-order chi connectivity index (χ0) is 17.0. The molecule has 0 fully saturated rings. The number of nitrogens with two attached hydrogens (primary N) is 1. The Morgan fingerprint density at radius 3 is 2.17 bits per heavy atom. The molecule has 2 rings (SSSR count). The summed E-state index contributed by atoms with van der Waals surface area (Å²) >= 11 is 0. The number of nitrogens with zero attached hydrogens (tertiary/aromatic N) is 1. The summed E-state index contributed by atoms with van der Waals surface area (Å²) < 4.78 is 11.4. The van der Waals surface area contributed by atoms with Crippen molar-refractivity contribution in [2.24, 2.45) is 5.73 Å². The van der Waals surface area contributed by atoms with Crippen LogP contribution in [-0.2, 0) is 22.1 Å². The Balaban J connectivity index is 0.00000288. The van der Waals surface area contributed by atoms with Crippen LogP contribution in [0.5, 0.6) is 0 Å². The summed E-state index contributed by atoms with van der Waals surface area (Å²) in [6.07, 6.45) is 1.64. The summed E-state index contributed by atoms with van der Waals surface area (Å²) in [7, 11) is 0.745. The van der Waals surface area contributed by atoms with Crippen molar-refractivity contribution in [2.75, 3.05) is 13.3 Å². The number of halogens is 1. The van der Waals surface area contributed by atoms with Gasteiger partial charge in [0.25, 0.3) is 0 Å². The first-order chi connectivity index (χ1) is 10.9. The fraction of sp³-hybridized carbons (Fsp3) is 0.278. The Kier molecular flexibility index (Phi) is 7.60. The number of aryl methyl sites for hydroxylation is 1. The molecule has 2 atom stereocenters. The van der Waals surface area contributed by atoms with Crippen LogP contribution in [-0.4, -0.2) is 28.3 Å². The van der Waals surface area contributed by atoms with Crippen molar-refractivity contribution in [1.29, 1.82) is 0 Å². The minimum absolute atomic E-state index is 0. The molecule has 0 radical (unpaired) electrons. The van der Waals surface area contributed by atoms with Gasteiger partial charge in [-0.05, 0) is 30.2 Å². The summed E-state index contributed by atoms with van der Waals surface area (Å²) in [6, 6.07) is 14.4. The molecule has 2 N–H and O–H groups in total. The van der Waals surface area contributed by atoms with E-state index in [1.807, 2.05) is 55.5 Å². The molecular formula is C18H23ClN2O2S. The van der Waals surface area contributed by atoms with Crippen LogP contribution in [0.1, 0.15) is 22.7 Å². The Bertz CT molecular complexity index is 702. The number of hydrogen-bond acceptors (Lipinski definition) is 3. The van der Waals surface area contributed by atoms with E-state index in [1.54, 1.807) is 18.2 Å². The number of carbonyl (C=O) groups excluding carboxylic acids is 1. The molecular weight excluding hydrogens is 344 g/mol. The highest BCUT2D eigenvalue weighted by molar-refractivity contribution is 7.84. The molecule has 0 aliphatic heterocycles. The summed E-state index contributed by atoms with van der Waals surface area (Å²) in [4.78, 5) is 14.9. The molecule has 0 bridgehead atoms. The van der Waals surface area contributed by atoms with Crippen LogP contribution < -0.4 is 5.73 Å². The smallest absolute Gasteiger partial charge is 0.244 e. The highest BCUT2D eigenvalue weighted by Gasteiger charge is 2.19. The fourth-order valence-electron chi connectivity index (χ4n) is 2.29. The Labute approximate surface area is 151 Å². The molecule has 0 aromatic heterocycles. The van der Waals surface area contributed by atoms with Gasteiger partial charge in [-0.2, -0.15) is 0 Å². The first kappa shape index (κ1) is 20.4. The van der Waals surface area contributed by atoms with Gasteiger partial charge in [-0.15, -0.1) is 12.4 Å². The van der Waals surface area contributed by atoms with Gasteiger partial charge < -0.3 is 10.6 Å². The Morgan fingerprint density at radius 2 is 1.67 bits per heavy atom. The van der Waals surface area contributed by atoms with Crippen molar-refractivity contribution < 1.29 is 9.00 Å². The minimum Gasteiger partial charge on any atom is -0.340 e. The van der Waals surface area contributed by atoms with E-state index in [2.05, 4.69) is 0 Å². The van der Waals surface area contributed by atoms with Crippen LogP contribution in [0.3, 0.4) is 0 Å². The Morgan fingerprint density at radius 1 is 1.12 bits per heavy atom. The number of benzene rings is 2. The minimum atomic E-state index is -0.993. The first-order valence-corrected chi connectivity index (χ1v) is 8.94. The second kappa shape index (κ2) is 8.97. The largest absolute Gasteiger partial charge is 0.340 e. The van der Waals surface area contributed by atoms with E-state index in [0.29, 0.717) is 6.54 Å². The van der Waals surface area contributed by atoms with E-state index in [9.17, 15) is 9.00 Å². The van der Waals surface area contributed by atoms with Crippen LogP contribution in [0.4, 0.5) is 0 Å². The molecule has 24 heavy (non-hydrogen) atoms. The van der Waals surface area contributed by atoms with E-state index in [4.69, 9.17) is 5.73 Å². The molecule has 4 nitrogen and oxygen atoms in total. The van der Waals surface area contributed by atoms with Gasteiger partial charge in [0.15, 0.2) is 0 Å². The monoisotopic (exact) mass is 366 g/mol. The Hall–Kier alpha value is -1.69. The lowest BCUT2D eigenvalue weighted by Gasteiger charge is -2.22. The average molecular weight is 367 g/mol. The summed E-state index contributed by atoms with van der Waals surface area (Å²) in [5.74, 6) is -0.128. The zero-order valence-corrected chi connectivity index (χ0v) is 15.7. The lowest BCUT2D eigenvalue weighted by molar-refractivity contribution is -0.131. The number of amides is 1. The maximum Gasteiger partial charge on any atom is 0.244 e. The van der Waals surface area contributed by atoms with E-state index < -0.39 is 16.8 Å². The van der Waals surface area contributed by atoms with Gasteiger partial charge >= 0.3 is 0 Å². The molecule has 0 saturated heterocycles. The molecule has 2 unspecified atom stereocenters. The average Bonchev–Trinajstić information content (AvgIpc) is 2.54. The number of hydrogen-bond donors (Lipinski definition) is 1. The molecule has 0 saturated carbocycles. The van der Waals surface area contributed by atoms with E-state index in [1.165, 1.54) is 0 Å². The van der Waals surface area contributed by atoms with Gasteiger partial charge in [-0.3, -0.25) is 9.00 Å². The van der Waals surface area contributed by atoms with Crippen molar-refractivity contribution in [1.82, 2.24) is 4.90 Å². The third-order valence-corrected chi connectivity index (χ3v) is 4.69. The fourth-order valence-corrected chi connectivity index (χ4v) is 2.81. The molecule has 0 heterocycles. The van der Waals surface area contributed by atoms with Crippen molar-refractivity contribution in [2.45, 2.75) is 24.4 Å². The van der Waals surface area contributed by atoms with Crippen LogP contribution in [0, 0.1) is 6.92 Å². The van der Waals surface area contributed by atoms with Crippen LogP contribution in [0.25, 0.3) is 0 Å². The van der Waals surface area contributed by atoms with Gasteiger partial charge in [-0.25, -0.2) is 0 Å². The molecule has 1 amide bonds. The highest BCUT2D eigenvalue weighted by atomic mass is 35.5. The second-order valence-corrected chi connectivity index (χ2v) is 7.06. The van der Waals surface area contributed by atoms with E-state index >= 15 is 0 Å². The summed E-state index contributed by atoms with van der Waals surface area (Å²) in [5.41, 5.74) is 9.00. The van der Waals surface area contributed by atoms with Gasteiger partial charge in [0.1, 0.15) is 6.04 Å². The standard InChI is InChI=1S/C18H22N2O2S.ClH/c1-13-4-8-15(9-5-13)17(19)18(21)20(2)12-14-6-10-16(11-7-14)23(3)22;/h4-11,17H,12,19H2,1-3H3;1H. The number of likely N-dealkylation sites (N-methyl/N-ethyl adjacent to an activating group) is 1. The van der Waals surface area contributed by atoms with Crippen molar-refractivity contribution in [3.8, 4) is 0 Å². The second-order valence-electron chi connectivity index (χ2n) is 5.68. The van der Waals surface area contributed by atoms with Crippen LogP contribution in [0.2, 0.25) is 0 Å². The van der Waals surface area contributed by atoms with E-state index in [-0.39, 0.29) is 18.3 Å². The van der Waals surface area contributed by atoms with Gasteiger partial charge in [0.2, 0.25) is 5.91 Å². The van der Waals surface area contributed by atoms with Crippen molar-refractivity contribution in [3.63, 3.8) is 0 Å². The topological polar surface area (TPSA) is 63.4 Å². The summed E-state index contributed by atoms with van der Waals surface area (Å²) in [6.45, 7) is 2.46. The molecule has 2 aromatic rings. The first-order valence-electron chi connectivity index (χ1n) is 7.38. The van der Waals surface area contributed by atoms with Crippen molar-refractivity contribution in [3.05, 3.63) is 65.2 Å². The molecule has 0 spiro atoms. The third-order valence-electron chi connectivity index (χ3n) is 3.75. The normalized spacial score (nSPS) is 12.8. The number of carbonyl (C=O) groups is 1. The van der Waals surface area contributed by atoms with Gasteiger partial charge in [-0.1, -0.05) is 42.0 Å². The quantitative estimate of drug-likeness (QED) is 0.884. The molecule has 0 aliphatic carbocycles. The number of rotatable bonds is 5. The molecule has 2 aromatic carbocycles. The lowest BCUT2D eigenvalue weighted by Crippen LogP contribution is -2.35. The SMILES string of the molecule is Cc1ccc(C(N)C(=O)N(C)Cc2ccc(S(C)=O)cc2)cc1.Cl. The third kappa shape index (κ3) is 5.16. The molecule has 6 heteroatoms. The molecule has 130 valence electrons. The zero-order valence-electron chi connectivity index (χ0n) is 14.1. The highest BCUT2D eigenvalue weighted by Crippen LogP contribution is 2.16. The summed E-state index contributed by atoms with van der Waals surface area (Å²) in [5, 5.41) is 0. The van der Waals surface area contributed by atoms with Crippen LogP contribution >= 0.6 is 12.4 Å². The predicted molar refractivity (Wildman–Crippen MR) is 101 cm³/mol. The molecule has 0 aliphatic rings. The maximum absolute atomic E-state index is 12.5. The van der Waals surface area contributed by atoms with Gasteiger partial charge in [0.05, 0.1) is 0 Å². The lowest BCUT2D eigenvalue weighted by atomic mass is 10.0. The van der Waals surface area contributed by atoms with Crippen molar-refractivity contribution >= 4 is 29.1 Å². The van der Waals surface area contributed by atoms with Gasteiger partial charge in [0, 0.05) is 35.5 Å².